The summed E-state index contributed by atoms with van der Waals surface area (Å²) in [5.74, 6) is 0.116. The van der Waals surface area contributed by atoms with Gasteiger partial charge < -0.3 is 4.90 Å². The van der Waals surface area contributed by atoms with Crippen LogP contribution in [0.5, 0.6) is 0 Å². The molecule has 1 amide bonds. The maximum atomic E-state index is 11.5. The molecule has 0 radical (unpaired) electrons. The van der Waals surface area contributed by atoms with Crippen LogP contribution >= 0.6 is 0 Å². The number of benzene rings is 1. The average Bonchev–Trinajstić information content (AvgIpc) is 2.42. The van der Waals surface area contributed by atoms with Crippen LogP contribution < -0.4 is 0 Å². The molecule has 0 aromatic heterocycles. The third-order valence-corrected chi connectivity index (χ3v) is 2.35. The van der Waals surface area contributed by atoms with Crippen LogP contribution in [0.4, 0.5) is 0 Å². The van der Waals surface area contributed by atoms with Crippen LogP contribution in [0.3, 0.4) is 0 Å². The first-order chi connectivity index (χ1) is 6.22. The van der Waals surface area contributed by atoms with Crippen molar-refractivity contribution in [1.29, 1.82) is 0 Å². The maximum absolute atomic E-state index is 11.5. The topological polar surface area (TPSA) is 20.3 Å². The molecule has 1 aliphatic rings. The molecule has 1 aliphatic heterocycles. The lowest BCUT2D eigenvalue weighted by Gasteiger charge is -2.04. The lowest BCUT2D eigenvalue weighted by atomic mass is 10.1. The number of hydrogen-bond donors (Lipinski definition) is 0. The Bertz CT molecular complexity index is 382. The summed E-state index contributed by atoms with van der Waals surface area (Å²) in [6.07, 6.45) is 1.79. The quantitative estimate of drug-likeness (QED) is 0.635. The van der Waals surface area contributed by atoms with Crippen molar-refractivity contribution in [3.63, 3.8) is 0 Å². The number of amides is 1. The Hall–Kier alpha value is -1.57. The van der Waals surface area contributed by atoms with Gasteiger partial charge >= 0.3 is 0 Å². The molecule has 0 saturated heterocycles. The highest BCUT2D eigenvalue weighted by Gasteiger charge is 2.23. The van der Waals surface area contributed by atoms with Crippen molar-refractivity contribution in [3.8, 4) is 0 Å². The Morgan fingerprint density at radius 1 is 1.54 bits per heavy atom. The van der Waals surface area contributed by atoms with Crippen LogP contribution in [0.15, 0.2) is 24.8 Å². The smallest absolute Gasteiger partial charge is 0.254 e. The predicted octanol–water partition coefficient (Wildman–Crippen LogP) is 1.92. The molecule has 1 aromatic carbocycles. The SMILES string of the molecule is C=Cc1ccc2c(c1)CN(C)C2=O. The predicted molar refractivity (Wildman–Crippen MR) is 52.3 cm³/mol. The molecule has 2 rings (SSSR count). The first-order valence-corrected chi connectivity index (χ1v) is 4.23. The molecule has 0 unspecified atom stereocenters. The number of rotatable bonds is 1. The van der Waals surface area contributed by atoms with Crippen molar-refractivity contribution in [2.24, 2.45) is 0 Å². The van der Waals surface area contributed by atoms with E-state index in [0.29, 0.717) is 0 Å². The molecule has 1 heterocycles. The Morgan fingerprint density at radius 2 is 2.31 bits per heavy atom. The minimum absolute atomic E-state index is 0.116. The van der Waals surface area contributed by atoms with E-state index in [1.54, 1.807) is 11.0 Å². The van der Waals surface area contributed by atoms with Crippen LogP contribution in [-0.2, 0) is 6.54 Å². The lowest BCUT2D eigenvalue weighted by molar-refractivity contribution is 0.0816. The van der Waals surface area contributed by atoms with Gasteiger partial charge in [0.15, 0.2) is 0 Å². The van der Waals surface area contributed by atoms with Gasteiger partial charge in [-0.05, 0) is 23.3 Å². The highest BCUT2D eigenvalue weighted by molar-refractivity contribution is 5.98. The van der Waals surface area contributed by atoms with Gasteiger partial charge in [-0.2, -0.15) is 0 Å². The summed E-state index contributed by atoms with van der Waals surface area (Å²) in [6, 6.07) is 5.81. The summed E-state index contributed by atoms with van der Waals surface area (Å²) in [5.41, 5.74) is 3.00. The number of carbonyl (C=O) groups is 1. The van der Waals surface area contributed by atoms with Crippen molar-refractivity contribution in [3.05, 3.63) is 41.5 Å². The van der Waals surface area contributed by atoms with Gasteiger partial charge in [0.2, 0.25) is 0 Å². The van der Waals surface area contributed by atoms with Crippen molar-refractivity contribution in [2.75, 3.05) is 7.05 Å². The molecule has 2 nitrogen and oxygen atoms in total. The molecule has 0 atom stereocenters. The standard InChI is InChI=1S/C11H11NO/c1-3-8-4-5-10-9(6-8)7-12(2)11(10)13/h3-6H,1,7H2,2H3. The molecular formula is C11H11NO. The molecule has 2 heteroatoms. The van der Waals surface area contributed by atoms with E-state index in [2.05, 4.69) is 6.58 Å². The second kappa shape index (κ2) is 2.73. The third-order valence-electron chi connectivity index (χ3n) is 2.35. The summed E-state index contributed by atoms with van der Waals surface area (Å²) < 4.78 is 0. The van der Waals surface area contributed by atoms with E-state index in [-0.39, 0.29) is 5.91 Å². The number of hydrogen-bond acceptors (Lipinski definition) is 1. The fourth-order valence-corrected chi connectivity index (χ4v) is 1.61. The van der Waals surface area contributed by atoms with E-state index in [4.69, 9.17) is 0 Å². The average molecular weight is 173 g/mol. The van der Waals surface area contributed by atoms with Gasteiger partial charge in [0.25, 0.3) is 5.91 Å². The maximum Gasteiger partial charge on any atom is 0.254 e. The second-order valence-electron chi connectivity index (χ2n) is 3.28. The normalized spacial score (nSPS) is 14.5. The van der Waals surface area contributed by atoms with E-state index >= 15 is 0 Å². The Kier molecular flexibility index (Phi) is 1.69. The van der Waals surface area contributed by atoms with Crippen LogP contribution in [0.2, 0.25) is 0 Å². The lowest BCUT2D eigenvalue weighted by Crippen LogP contribution is -2.17. The number of carbonyl (C=O) groups excluding carboxylic acids is 1. The van der Waals surface area contributed by atoms with Gasteiger partial charge in [0, 0.05) is 19.2 Å². The summed E-state index contributed by atoms with van der Waals surface area (Å²) in [5, 5.41) is 0. The zero-order valence-electron chi connectivity index (χ0n) is 7.58. The minimum atomic E-state index is 0.116. The molecule has 1 aromatic rings. The van der Waals surface area contributed by atoms with Crippen LogP contribution in [0, 0.1) is 0 Å². The molecule has 0 bridgehead atoms. The first-order valence-electron chi connectivity index (χ1n) is 4.23. The summed E-state index contributed by atoms with van der Waals surface area (Å²) in [4.78, 5) is 13.2. The fraction of sp³-hybridized carbons (Fsp3) is 0.182. The van der Waals surface area contributed by atoms with Gasteiger partial charge in [0.1, 0.15) is 0 Å². The highest BCUT2D eigenvalue weighted by Crippen LogP contribution is 2.22. The van der Waals surface area contributed by atoms with Crippen molar-refractivity contribution in [1.82, 2.24) is 4.90 Å². The zero-order chi connectivity index (χ0) is 9.42. The van der Waals surface area contributed by atoms with E-state index in [1.165, 1.54) is 0 Å². The third kappa shape index (κ3) is 1.15. The molecule has 13 heavy (non-hydrogen) atoms. The molecule has 0 N–H and O–H groups in total. The highest BCUT2D eigenvalue weighted by atomic mass is 16.2. The Morgan fingerprint density at radius 3 is 3.00 bits per heavy atom. The van der Waals surface area contributed by atoms with E-state index < -0.39 is 0 Å². The molecule has 66 valence electrons. The summed E-state index contributed by atoms with van der Waals surface area (Å²) >= 11 is 0. The largest absolute Gasteiger partial charge is 0.337 e. The van der Waals surface area contributed by atoms with E-state index in [9.17, 15) is 4.79 Å². The summed E-state index contributed by atoms with van der Waals surface area (Å²) in [6.45, 7) is 4.41. The molecule has 0 saturated carbocycles. The van der Waals surface area contributed by atoms with Gasteiger partial charge in [-0.15, -0.1) is 0 Å². The van der Waals surface area contributed by atoms with Gasteiger partial charge in [0.05, 0.1) is 0 Å². The second-order valence-corrected chi connectivity index (χ2v) is 3.28. The van der Waals surface area contributed by atoms with Crippen LogP contribution in [0.25, 0.3) is 6.08 Å². The minimum Gasteiger partial charge on any atom is -0.337 e. The van der Waals surface area contributed by atoms with Crippen molar-refractivity contribution in [2.45, 2.75) is 6.54 Å². The van der Waals surface area contributed by atoms with E-state index in [0.717, 1.165) is 23.2 Å². The molecular weight excluding hydrogens is 162 g/mol. The fourth-order valence-electron chi connectivity index (χ4n) is 1.61. The molecule has 0 spiro atoms. The Labute approximate surface area is 77.5 Å². The monoisotopic (exact) mass is 173 g/mol. The molecule has 0 fully saturated rings. The Balaban J connectivity index is 2.52. The van der Waals surface area contributed by atoms with Crippen molar-refractivity contribution >= 4 is 12.0 Å². The van der Waals surface area contributed by atoms with E-state index in [1.807, 2.05) is 25.2 Å². The first kappa shape index (κ1) is 8.05. The zero-order valence-corrected chi connectivity index (χ0v) is 7.58. The van der Waals surface area contributed by atoms with Gasteiger partial charge in [-0.3, -0.25) is 4.79 Å². The molecule has 0 aliphatic carbocycles. The van der Waals surface area contributed by atoms with Crippen LogP contribution in [0.1, 0.15) is 21.5 Å². The van der Waals surface area contributed by atoms with Crippen LogP contribution in [-0.4, -0.2) is 17.9 Å². The van der Waals surface area contributed by atoms with Gasteiger partial charge in [-0.1, -0.05) is 18.7 Å². The van der Waals surface area contributed by atoms with Gasteiger partial charge in [-0.25, -0.2) is 0 Å². The van der Waals surface area contributed by atoms with Crippen molar-refractivity contribution < 1.29 is 4.79 Å². The summed E-state index contributed by atoms with van der Waals surface area (Å²) in [7, 11) is 1.82. The number of fused-ring (bicyclic) bond motifs is 1. The number of nitrogens with zero attached hydrogens (tertiary/aromatic N) is 1.